The van der Waals surface area contributed by atoms with Crippen LogP contribution < -0.4 is 10.6 Å². The molecule has 29 heavy (non-hydrogen) atoms. The van der Waals surface area contributed by atoms with Crippen molar-refractivity contribution < 1.29 is 4.79 Å². The van der Waals surface area contributed by atoms with Gasteiger partial charge in [-0.25, -0.2) is 0 Å². The van der Waals surface area contributed by atoms with Crippen LogP contribution in [0.15, 0.2) is 79.0 Å². The van der Waals surface area contributed by atoms with E-state index in [0.29, 0.717) is 16.8 Å². The molecule has 0 spiro atoms. The maximum absolute atomic E-state index is 13.0. The van der Waals surface area contributed by atoms with Crippen molar-refractivity contribution in [1.29, 1.82) is 0 Å². The molecule has 0 aliphatic heterocycles. The molecule has 4 nitrogen and oxygen atoms in total. The standard InChI is InChI=1S/C22H16Cl3N3O/c23-22(24,25)21(27-18-12-4-8-15-9-5-13-26-19(15)18)28-20(29)17-11-3-7-14-6-1-2-10-16(14)17/h1-13,21,27H,(H,28,29)/t21-/m1/s1. The molecule has 0 aliphatic carbocycles. The largest absolute Gasteiger partial charge is 0.360 e. The Hall–Kier alpha value is -2.53. The first-order valence-corrected chi connectivity index (χ1v) is 10.0. The van der Waals surface area contributed by atoms with Crippen LogP contribution in [0.3, 0.4) is 0 Å². The summed E-state index contributed by atoms with van der Waals surface area (Å²) >= 11 is 18.5. The van der Waals surface area contributed by atoms with Gasteiger partial charge in [0.1, 0.15) is 6.17 Å². The predicted molar refractivity (Wildman–Crippen MR) is 121 cm³/mol. The van der Waals surface area contributed by atoms with E-state index in [1.54, 1.807) is 12.3 Å². The average molecular weight is 445 g/mol. The van der Waals surface area contributed by atoms with Crippen LogP contribution in [0.25, 0.3) is 21.7 Å². The van der Waals surface area contributed by atoms with E-state index in [9.17, 15) is 4.79 Å². The van der Waals surface area contributed by atoms with Crippen molar-refractivity contribution in [2.45, 2.75) is 9.96 Å². The number of alkyl halides is 3. The number of fused-ring (bicyclic) bond motifs is 2. The van der Waals surface area contributed by atoms with E-state index in [1.165, 1.54) is 0 Å². The van der Waals surface area contributed by atoms with Crippen molar-refractivity contribution in [3.63, 3.8) is 0 Å². The second kappa shape index (κ2) is 8.07. The summed E-state index contributed by atoms with van der Waals surface area (Å²) in [6.45, 7) is 0. The monoisotopic (exact) mass is 443 g/mol. The highest BCUT2D eigenvalue weighted by Gasteiger charge is 2.35. The van der Waals surface area contributed by atoms with Gasteiger partial charge >= 0.3 is 0 Å². The van der Waals surface area contributed by atoms with Gasteiger partial charge in [-0.05, 0) is 29.0 Å². The van der Waals surface area contributed by atoms with Gasteiger partial charge in [-0.2, -0.15) is 0 Å². The van der Waals surface area contributed by atoms with Crippen molar-refractivity contribution in [3.8, 4) is 0 Å². The van der Waals surface area contributed by atoms with Gasteiger partial charge in [-0.15, -0.1) is 0 Å². The number of hydrogen-bond acceptors (Lipinski definition) is 3. The number of hydrogen-bond donors (Lipinski definition) is 2. The van der Waals surface area contributed by atoms with Crippen molar-refractivity contribution >= 4 is 68.1 Å². The molecule has 0 saturated carbocycles. The number of aromatic nitrogens is 1. The van der Waals surface area contributed by atoms with Crippen LogP contribution in [-0.4, -0.2) is 20.8 Å². The van der Waals surface area contributed by atoms with Gasteiger partial charge < -0.3 is 10.6 Å². The summed E-state index contributed by atoms with van der Waals surface area (Å²) in [7, 11) is 0. The third kappa shape index (κ3) is 4.25. The lowest BCUT2D eigenvalue weighted by Gasteiger charge is -2.28. The van der Waals surface area contributed by atoms with Crippen LogP contribution in [-0.2, 0) is 0 Å². The zero-order valence-electron chi connectivity index (χ0n) is 15.1. The molecule has 4 rings (SSSR count). The minimum Gasteiger partial charge on any atom is -0.360 e. The molecule has 146 valence electrons. The van der Waals surface area contributed by atoms with E-state index in [1.807, 2.05) is 66.7 Å². The first-order chi connectivity index (χ1) is 13.9. The van der Waals surface area contributed by atoms with Gasteiger partial charge in [-0.3, -0.25) is 9.78 Å². The quantitative estimate of drug-likeness (QED) is 0.303. The van der Waals surface area contributed by atoms with Gasteiger partial charge in [0.25, 0.3) is 5.91 Å². The van der Waals surface area contributed by atoms with E-state index >= 15 is 0 Å². The van der Waals surface area contributed by atoms with Crippen LogP contribution in [0.1, 0.15) is 10.4 Å². The highest BCUT2D eigenvalue weighted by atomic mass is 35.6. The Morgan fingerprint density at radius 2 is 1.55 bits per heavy atom. The summed E-state index contributed by atoms with van der Waals surface area (Å²) in [6, 6.07) is 22.6. The number of carbonyl (C=O) groups is 1. The molecule has 0 fully saturated rings. The Balaban J connectivity index is 1.66. The third-order valence-electron chi connectivity index (χ3n) is 4.57. The van der Waals surface area contributed by atoms with E-state index < -0.39 is 9.96 Å². The number of para-hydroxylation sites is 1. The maximum atomic E-state index is 13.0. The molecule has 0 aliphatic rings. The fourth-order valence-electron chi connectivity index (χ4n) is 3.21. The van der Waals surface area contributed by atoms with Crippen LogP contribution in [0, 0.1) is 0 Å². The summed E-state index contributed by atoms with van der Waals surface area (Å²) in [5.74, 6) is -0.348. The Bertz CT molecular complexity index is 1180. The Morgan fingerprint density at radius 3 is 2.38 bits per heavy atom. The Morgan fingerprint density at radius 1 is 0.862 bits per heavy atom. The molecule has 0 radical (unpaired) electrons. The zero-order chi connectivity index (χ0) is 20.4. The van der Waals surface area contributed by atoms with Gasteiger partial charge in [0, 0.05) is 17.1 Å². The third-order valence-corrected chi connectivity index (χ3v) is 5.22. The molecular weight excluding hydrogens is 429 g/mol. The second-order valence-electron chi connectivity index (χ2n) is 6.50. The fraction of sp³-hybridized carbons (Fsp3) is 0.0909. The Kier molecular flexibility index (Phi) is 5.50. The molecule has 0 unspecified atom stereocenters. The van der Waals surface area contributed by atoms with Crippen molar-refractivity contribution in [2.24, 2.45) is 0 Å². The molecule has 3 aromatic carbocycles. The normalized spacial score (nSPS) is 12.7. The van der Waals surface area contributed by atoms with Crippen molar-refractivity contribution in [3.05, 3.63) is 84.6 Å². The Labute approximate surface area is 182 Å². The van der Waals surface area contributed by atoms with Crippen LogP contribution >= 0.6 is 34.8 Å². The second-order valence-corrected chi connectivity index (χ2v) is 8.87. The minimum atomic E-state index is -1.79. The first kappa shape index (κ1) is 19.8. The molecule has 0 bridgehead atoms. The molecule has 1 heterocycles. The molecular formula is C22H16Cl3N3O. The topological polar surface area (TPSA) is 54.0 Å². The van der Waals surface area contributed by atoms with E-state index in [4.69, 9.17) is 34.8 Å². The van der Waals surface area contributed by atoms with Crippen molar-refractivity contribution in [2.75, 3.05) is 5.32 Å². The number of rotatable bonds is 4. The SMILES string of the molecule is O=C(N[C@@H](Nc1cccc2cccnc12)C(Cl)(Cl)Cl)c1cccc2ccccc12. The summed E-state index contributed by atoms with van der Waals surface area (Å²) in [5.41, 5.74) is 1.87. The van der Waals surface area contributed by atoms with Gasteiger partial charge in [0.15, 0.2) is 0 Å². The van der Waals surface area contributed by atoms with E-state index in [0.717, 1.165) is 16.2 Å². The highest BCUT2D eigenvalue weighted by molar-refractivity contribution is 6.68. The summed E-state index contributed by atoms with van der Waals surface area (Å²) in [6.07, 6.45) is 0.707. The fourth-order valence-corrected chi connectivity index (χ4v) is 3.54. The highest BCUT2D eigenvalue weighted by Crippen LogP contribution is 2.33. The van der Waals surface area contributed by atoms with Crippen LogP contribution in [0.4, 0.5) is 5.69 Å². The molecule has 1 atom stereocenters. The first-order valence-electron chi connectivity index (χ1n) is 8.89. The average Bonchev–Trinajstić information content (AvgIpc) is 2.72. The van der Waals surface area contributed by atoms with Gasteiger partial charge in [0.2, 0.25) is 3.79 Å². The van der Waals surface area contributed by atoms with Crippen molar-refractivity contribution in [1.82, 2.24) is 10.3 Å². The lowest BCUT2D eigenvalue weighted by molar-refractivity contribution is 0.0943. The minimum absolute atomic E-state index is 0.348. The number of nitrogens with zero attached hydrogens (tertiary/aromatic N) is 1. The summed E-state index contributed by atoms with van der Waals surface area (Å²) in [4.78, 5) is 17.4. The molecule has 4 aromatic rings. The molecule has 0 saturated heterocycles. The summed E-state index contributed by atoms with van der Waals surface area (Å²) in [5, 5.41) is 8.63. The predicted octanol–water partition coefficient (Wildman–Crippen LogP) is 5.93. The molecule has 2 N–H and O–H groups in total. The number of carbonyl (C=O) groups excluding carboxylic acids is 1. The lowest BCUT2D eigenvalue weighted by atomic mass is 10.0. The van der Waals surface area contributed by atoms with Crippen LogP contribution in [0.2, 0.25) is 0 Å². The molecule has 7 heteroatoms. The lowest BCUT2D eigenvalue weighted by Crippen LogP contribution is -2.49. The number of anilines is 1. The van der Waals surface area contributed by atoms with E-state index in [2.05, 4.69) is 15.6 Å². The molecule has 1 aromatic heterocycles. The number of nitrogens with one attached hydrogen (secondary N) is 2. The summed E-state index contributed by atoms with van der Waals surface area (Å²) < 4.78 is -1.79. The smallest absolute Gasteiger partial charge is 0.253 e. The number of benzene rings is 3. The maximum Gasteiger partial charge on any atom is 0.253 e. The van der Waals surface area contributed by atoms with Crippen LogP contribution in [0.5, 0.6) is 0 Å². The van der Waals surface area contributed by atoms with Gasteiger partial charge in [-0.1, -0.05) is 89.4 Å². The van der Waals surface area contributed by atoms with Gasteiger partial charge in [0.05, 0.1) is 11.2 Å². The number of amides is 1. The number of pyridine rings is 1. The number of halogens is 3. The molecule has 1 amide bonds. The van der Waals surface area contributed by atoms with E-state index in [-0.39, 0.29) is 5.91 Å². The zero-order valence-corrected chi connectivity index (χ0v) is 17.3.